The highest BCUT2D eigenvalue weighted by Gasteiger charge is 2.20. The van der Waals surface area contributed by atoms with Gasteiger partial charge in [-0.1, -0.05) is 37.1 Å². The number of halogens is 1. The molecule has 0 aliphatic heterocycles. The van der Waals surface area contributed by atoms with E-state index in [1.165, 1.54) is 16.5 Å². The first-order valence-electron chi connectivity index (χ1n) is 8.29. The number of aryl methyl sites for hydroxylation is 1. The van der Waals surface area contributed by atoms with Gasteiger partial charge in [-0.05, 0) is 68.1 Å². The van der Waals surface area contributed by atoms with Crippen molar-refractivity contribution >= 4 is 28.4 Å². The van der Waals surface area contributed by atoms with Crippen LogP contribution in [0.25, 0.3) is 10.9 Å². The standard InChI is InChI=1S/C21H22ClNO/c1-13(2)11-18-15(4)23(20-10-5-14(3)12-19(18)20)21(24)16-6-8-17(22)9-7-16/h5-10,12-13H,11H2,1-4H3. The maximum atomic E-state index is 13.1. The molecule has 0 amide bonds. The number of rotatable bonds is 3. The Balaban J connectivity index is 2.22. The van der Waals surface area contributed by atoms with E-state index in [0.29, 0.717) is 16.5 Å². The minimum Gasteiger partial charge on any atom is -0.280 e. The lowest BCUT2D eigenvalue weighted by atomic mass is 9.99. The van der Waals surface area contributed by atoms with E-state index >= 15 is 0 Å². The van der Waals surface area contributed by atoms with Crippen LogP contribution in [-0.2, 0) is 6.42 Å². The van der Waals surface area contributed by atoms with Gasteiger partial charge in [0.15, 0.2) is 0 Å². The molecule has 1 aromatic heterocycles. The summed E-state index contributed by atoms with van der Waals surface area (Å²) in [6.45, 7) is 8.55. The van der Waals surface area contributed by atoms with Gasteiger partial charge in [-0.2, -0.15) is 0 Å². The highest BCUT2D eigenvalue weighted by atomic mass is 35.5. The molecule has 0 bridgehead atoms. The molecule has 0 aliphatic carbocycles. The van der Waals surface area contributed by atoms with Crippen molar-refractivity contribution in [3.63, 3.8) is 0 Å². The summed E-state index contributed by atoms with van der Waals surface area (Å²) in [6, 6.07) is 13.4. The third-order valence-electron chi connectivity index (χ3n) is 4.40. The number of benzene rings is 2. The summed E-state index contributed by atoms with van der Waals surface area (Å²) < 4.78 is 1.84. The van der Waals surface area contributed by atoms with E-state index in [4.69, 9.17) is 11.6 Å². The number of aromatic nitrogens is 1. The van der Waals surface area contributed by atoms with Gasteiger partial charge >= 0.3 is 0 Å². The predicted octanol–water partition coefficient (Wildman–Crippen LogP) is 5.80. The van der Waals surface area contributed by atoms with Crippen LogP contribution < -0.4 is 0 Å². The normalized spacial score (nSPS) is 11.4. The number of hydrogen-bond acceptors (Lipinski definition) is 1. The van der Waals surface area contributed by atoms with Crippen LogP contribution in [0.15, 0.2) is 42.5 Å². The first-order chi connectivity index (χ1) is 11.4. The molecule has 0 unspecified atom stereocenters. The number of carbonyl (C=O) groups excluding carboxylic acids is 1. The van der Waals surface area contributed by atoms with E-state index in [1.54, 1.807) is 24.3 Å². The van der Waals surface area contributed by atoms with Gasteiger partial charge in [-0.25, -0.2) is 0 Å². The van der Waals surface area contributed by atoms with Crippen LogP contribution in [0, 0.1) is 19.8 Å². The molecule has 0 saturated carbocycles. The molecule has 0 fully saturated rings. The fraction of sp³-hybridized carbons (Fsp3) is 0.286. The molecule has 0 atom stereocenters. The van der Waals surface area contributed by atoms with E-state index in [0.717, 1.165) is 17.6 Å². The largest absolute Gasteiger partial charge is 0.280 e. The fourth-order valence-corrected chi connectivity index (χ4v) is 3.37. The van der Waals surface area contributed by atoms with Crippen molar-refractivity contribution in [3.05, 3.63) is 69.9 Å². The van der Waals surface area contributed by atoms with E-state index in [9.17, 15) is 4.79 Å². The monoisotopic (exact) mass is 339 g/mol. The minimum absolute atomic E-state index is 0.00646. The Morgan fingerprint density at radius 2 is 1.75 bits per heavy atom. The van der Waals surface area contributed by atoms with Crippen molar-refractivity contribution < 1.29 is 4.79 Å². The Morgan fingerprint density at radius 1 is 1.08 bits per heavy atom. The molecular weight excluding hydrogens is 318 g/mol. The van der Waals surface area contributed by atoms with Gasteiger partial charge in [0.25, 0.3) is 5.91 Å². The molecule has 0 radical (unpaired) electrons. The molecule has 0 saturated heterocycles. The van der Waals surface area contributed by atoms with Crippen LogP contribution >= 0.6 is 11.6 Å². The Morgan fingerprint density at radius 3 is 2.38 bits per heavy atom. The van der Waals surface area contributed by atoms with Crippen molar-refractivity contribution in [2.24, 2.45) is 5.92 Å². The Hall–Kier alpha value is -2.06. The second-order valence-electron chi connectivity index (χ2n) is 6.83. The zero-order chi connectivity index (χ0) is 17.4. The molecule has 3 aromatic rings. The Bertz CT molecular complexity index is 904. The van der Waals surface area contributed by atoms with Gasteiger partial charge in [0.1, 0.15) is 0 Å². The highest BCUT2D eigenvalue weighted by molar-refractivity contribution is 6.30. The first-order valence-corrected chi connectivity index (χ1v) is 8.67. The average Bonchev–Trinajstić information content (AvgIpc) is 2.79. The van der Waals surface area contributed by atoms with Crippen molar-refractivity contribution in [1.82, 2.24) is 4.57 Å². The molecule has 124 valence electrons. The third kappa shape index (κ3) is 2.99. The van der Waals surface area contributed by atoms with Crippen LogP contribution in [0.3, 0.4) is 0 Å². The van der Waals surface area contributed by atoms with Crippen LogP contribution in [0.4, 0.5) is 0 Å². The summed E-state index contributed by atoms with van der Waals surface area (Å²) in [7, 11) is 0. The zero-order valence-corrected chi connectivity index (χ0v) is 15.3. The quantitative estimate of drug-likeness (QED) is 0.591. The predicted molar refractivity (Wildman–Crippen MR) is 101 cm³/mol. The second kappa shape index (κ2) is 6.45. The van der Waals surface area contributed by atoms with Crippen LogP contribution in [0.2, 0.25) is 5.02 Å². The highest BCUT2D eigenvalue weighted by Crippen LogP contribution is 2.30. The van der Waals surface area contributed by atoms with Gasteiger partial charge in [0, 0.05) is 21.7 Å². The maximum absolute atomic E-state index is 13.1. The van der Waals surface area contributed by atoms with E-state index in [-0.39, 0.29) is 5.91 Å². The summed E-state index contributed by atoms with van der Waals surface area (Å²) in [5.74, 6) is 0.530. The number of nitrogens with zero attached hydrogens (tertiary/aromatic N) is 1. The number of carbonyl (C=O) groups is 1. The summed E-state index contributed by atoms with van der Waals surface area (Å²) in [4.78, 5) is 13.1. The van der Waals surface area contributed by atoms with Crippen molar-refractivity contribution in [1.29, 1.82) is 0 Å². The average molecular weight is 340 g/mol. The first kappa shape index (κ1) is 16.8. The molecule has 2 aromatic carbocycles. The van der Waals surface area contributed by atoms with Gasteiger partial charge < -0.3 is 0 Å². The zero-order valence-electron chi connectivity index (χ0n) is 14.6. The molecular formula is C21H22ClNO. The third-order valence-corrected chi connectivity index (χ3v) is 4.65. The molecule has 0 spiro atoms. The number of hydrogen-bond donors (Lipinski definition) is 0. The van der Waals surface area contributed by atoms with Gasteiger partial charge in [0.05, 0.1) is 5.52 Å². The van der Waals surface area contributed by atoms with Crippen LogP contribution in [0.5, 0.6) is 0 Å². The Kier molecular flexibility index (Phi) is 4.51. The molecule has 3 heteroatoms. The molecule has 2 nitrogen and oxygen atoms in total. The lowest BCUT2D eigenvalue weighted by molar-refractivity contribution is 0.0963. The summed E-state index contributed by atoms with van der Waals surface area (Å²) >= 11 is 5.95. The Labute approximate surface area is 148 Å². The molecule has 0 aliphatic rings. The molecule has 24 heavy (non-hydrogen) atoms. The lowest BCUT2D eigenvalue weighted by Crippen LogP contribution is -2.13. The molecule has 0 N–H and O–H groups in total. The van der Waals surface area contributed by atoms with E-state index < -0.39 is 0 Å². The van der Waals surface area contributed by atoms with Gasteiger partial charge in [0.2, 0.25) is 0 Å². The SMILES string of the molecule is Cc1ccc2c(c1)c(CC(C)C)c(C)n2C(=O)c1ccc(Cl)cc1. The van der Waals surface area contributed by atoms with E-state index in [2.05, 4.69) is 39.0 Å². The van der Waals surface area contributed by atoms with Crippen molar-refractivity contribution in [2.75, 3.05) is 0 Å². The van der Waals surface area contributed by atoms with Crippen LogP contribution in [0.1, 0.15) is 41.0 Å². The second-order valence-corrected chi connectivity index (χ2v) is 7.27. The molecule has 3 rings (SSSR count). The summed E-state index contributed by atoms with van der Waals surface area (Å²) in [5, 5.41) is 1.82. The fourth-order valence-electron chi connectivity index (χ4n) is 3.25. The molecule has 1 heterocycles. The van der Waals surface area contributed by atoms with Gasteiger partial charge in [-0.3, -0.25) is 9.36 Å². The minimum atomic E-state index is -0.00646. The number of fused-ring (bicyclic) bond motifs is 1. The van der Waals surface area contributed by atoms with Crippen LogP contribution in [-0.4, -0.2) is 10.5 Å². The summed E-state index contributed by atoms with van der Waals surface area (Å²) in [5.41, 5.74) is 5.14. The maximum Gasteiger partial charge on any atom is 0.262 e. The smallest absolute Gasteiger partial charge is 0.262 e. The van der Waals surface area contributed by atoms with Gasteiger partial charge in [-0.15, -0.1) is 0 Å². The summed E-state index contributed by atoms with van der Waals surface area (Å²) in [6.07, 6.45) is 0.965. The topological polar surface area (TPSA) is 22.0 Å². The van der Waals surface area contributed by atoms with Crippen molar-refractivity contribution in [3.8, 4) is 0 Å². The van der Waals surface area contributed by atoms with Crippen molar-refractivity contribution in [2.45, 2.75) is 34.1 Å². The lowest BCUT2D eigenvalue weighted by Gasteiger charge is -2.09. The van der Waals surface area contributed by atoms with E-state index in [1.807, 2.05) is 11.5 Å².